The molecule has 38 heavy (non-hydrogen) atoms. The van der Waals surface area contributed by atoms with E-state index in [4.69, 9.17) is 40.2 Å². The van der Waals surface area contributed by atoms with Crippen LogP contribution in [-0.4, -0.2) is 44.0 Å². The quantitative estimate of drug-likeness (QED) is 0.110. The second-order valence-corrected chi connectivity index (χ2v) is 8.89. The van der Waals surface area contributed by atoms with Crippen LogP contribution in [0, 0.1) is 10.1 Å². The van der Waals surface area contributed by atoms with Crippen LogP contribution < -0.4 is 20.7 Å². The number of nitrogens with zero attached hydrogens (tertiary/aromatic N) is 4. The Morgan fingerprint density at radius 1 is 1.03 bits per heavy atom. The van der Waals surface area contributed by atoms with Crippen molar-refractivity contribution in [2.24, 2.45) is 0 Å². The fraction of sp³-hybridized carbons (Fsp3) is 0.0833. The number of nitrogens with one attached hydrogen (secondary N) is 3. The Balaban J connectivity index is 1.31. The van der Waals surface area contributed by atoms with Gasteiger partial charge in [0.15, 0.2) is 16.6 Å². The number of amides is 1. The summed E-state index contributed by atoms with van der Waals surface area (Å²) in [4.78, 5) is 22.9. The van der Waals surface area contributed by atoms with Gasteiger partial charge in [0.25, 0.3) is 11.6 Å². The molecule has 0 aliphatic rings. The van der Waals surface area contributed by atoms with Crippen molar-refractivity contribution >= 4 is 57.8 Å². The van der Waals surface area contributed by atoms with Crippen LogP contribution in [0.15, 0.2) is 72.9 Å². The second-order valence-electron chi connectivity index (χ2n) is 7.64. The van der Waals surface area contributed by atoms with Gasteiger partial charge in [-0.15, -0.1) is 5.10 Å². The first-order valence-electron chi connectivity index (χ1n) is 11.0. The molecule has 0 saturated heterocycles. The summed E-state index contributed by atoms with van der Waals surface area (Å²) >= 11 is 17.4. The molecule has 1 amide bonds. The van der Waals surface area contributed by atoms with E-state index in [1.54, 1.807) is 54.6 Å². The molecule has 0 spiro atoms. The van der Waals surface area contributed by atoms with Gasteiger partial charge in [-0.25, -0.2) is 4.68 Å². The van der Waals surface area contributed by atoms with Gasteiger partial charge < -0.3 is 20.7 Å². The van der Waals surface area contributed by atoms with E-state index >= 15 is 0 Å². The fourth-order valence-electron chi connectivity index (χ4n) is 3.21. The van der Waals surface area contributed by atoms with Gasteiger partial charge in [0.1, 0.15) is 11.4 Å². The van der Waals surface area contributed by atoms with E-state index in [0.29, 0.717) is 39.5 Å². The molecule has 3 N–H and O–H groups in total. The molecule has 0 aliphatic carbocycles. The van der Waals surface area contributed by atoms with Gasteiger partial charge in [-0.3, -0.25) is 14.9 Å². The van der Waals surface area contributed by atoms with Crippen LogP contribution in [-0.2, 0) is 0 Å². The lowest BCUT2D eigenvalue weighted by atomic mass is 10.3. The summed E-state index contributed by atoms with van der Waals surface area (Å²) in [7, 11) is 0. The summed E-state index contributed by atoms with van der Waals surface area (Å²) in [6.45, 7) is 0.538. The molecule has 0 atom stereocenters. The summed E-state index contributed by atoms with van der Waals surface area (Å²) in [6.07, 6.45) is 1.48. The Morgan fingerprint density at radius 2 is 1.82 bits per heavy atom. The average Bonchev–Trinajstić information content (AvgIpc) is 3.39. The second kappa shape index (κ2) is 12.3. The smallest absolute Gasteiger partial charge is 0.273 e. The lowest BCUT2D eigenvalue weighted by Gasteiger charge is -2.12. The lowest BCUT2D eigenvalue weighted by molar-refractivity contribution is -0.384. The van der Waals surface area contributed by atoms with E-state index < -0.39 is 10.8 Å². The van der Waals surface area contributed by atoms with Crippen molar-refractivity contribution in [3.63, 3.8) is 0 Å². The highest BCUT2D eigenvalue weighted by molar-refractivity contribution is 7.80. The number of hydrogen-bond donors (Lipinski definition) is 3. The van der Waals surface area contributed by atoms with Gasteiger partial charge in [-0.1, -0.05) is 46.6 Å². The largest absolute Gasteiger partial charge is 0.454 e. The number of carbonyl (C=O) groups is 1. The monoisotopic (exact) mass is 571 g/mol. The van der Waals surface area contributed by atoms with E-state index in [1.165, 1.54) is 23.0 Å². The third kappa shape index (κ3) is 6.94. The number of aromatic nitrogens is 3. The van der Waals surface area contributed by atoms with E-state index in [1.807, 2.05) is 0 Å². The number of thiocarbonyl (C=S) groups is 1. The summed E-state index contributed by atoms with van der Waals surface area (Å²) in [5.74, 6) is 0.421. The molecular weight excluding hydrogens is 553 g/mol. The van der Waals surface area contributed by atoms with Gasteiger partial charge in [0.05, 0.1) is 16.1 Å². The summed E-state index contributed by atoms with van der Waals surface area (Å²) in [6, 6.07) is 17.9. The predicted molar refractivity (Wildman–Crippen MR) is 148 cm³/mol. The number of para-hydroxylation sites is 2. The molecular formula is C24H19Cl2N7O4S. The standard InChI is InChI=1S/C24H19Cl2N7O4S/c25-15-8-9-21(18(26)12-15)37-22-7-2-1-6-20(22)32-14-19(30-31-32)23(34)27-10-11-28-24(38)29-16-4-3-5-17(13-16)33(35)36/h1-9,12-14H,10-11H2,(H,27,34)(H2,28,29,38). The summed E-state index contributed by atoms with van der Waals surface area (Å²) in [5.41, 5.74) is 1.06. The van der Waals surface area contributed by atoms with Crippen molar-refractivity contribution in [3.05, 3.63) is 98.8 Å². The van der Waals surface area contributed by atoms with Gasteiger partial charge >= 0.3 is 0 Å². The van der Waals surface area contributed by atoms with E-state index in [-0.39, 0.29) is 23.0 Å². The molecule has 1 aromatic heterocycles. The number of ether oxygens (including phenoxy) is 1. The first-order valence-corrected chi connectivity index (χ1v) is 12.2. The molecule has 14 heteroatoms. The fourth-order valence-corrected chi connectivity index (χ4v) is 3.88. The number of nitro benzene ring substituents is 1. The molecule has 4 rings (SSSR count). The Hall–Kier alpha value is -4.26. The maximum atomic E-state index is 12.6. The minimum atomic E-state index is -0.492. The number of rotatable bonds is 9. The highest BCUT2D eigenvalue weighted by atomic mass is 35.5. The van der Waals surface area contributed by atoms with Crippen molar-refractivity contribution in [3.8, 4) is 17.2 Å². The van der Waals surface area contributed by atoms with E-state index in [2.05, 4.69) is 26.3 Å². The van der Waals surface area contributed by atoms with Crippen LogP contribution >= 0.6 is 35.4 Å². The average molecular weight is 572 g/mol. The highest BCUT2D eigenvalue weighted by Gasteiger charge is 2.15. The third-order valence-electron chi connectivity index (χ3n) is 4.96. The number of halogens is 2. The SMILES string of the molecule is O=C(NCCNC(=S)Nc1cccc([N+](=O)[O-])c1)c1cn(-c2ccccc2Oc2ccc(Cl)cc2Cl)nn1. The Kier molecular flexibility index (Phi) is 8.69. The first-order chi connectivity index (χ1) is 18.3. The van der Waals surface area contributed by atoms with Crippen molar-refractivity contribution < 1.29 is 14.5 Å². The third-order valence-corrected chi connectivity index (χ3v) is 5.74. The topological polar surface area (TPSA) is 136 Å². The number of hydrogen-bond acceptors (Lipinski definition) is 7. The van der Waals surface area contributed by atoms with Crippen LogP contribution in [0.1, 0.15) is 10.5 Å². The zero-order valence-electron chi connectivity index (χ0n) is 19.4. The van der Waals surface area contributed by atoms with Crippen molar-refractivity contribution in [1.82, 2.24) is 25.6 Å². The molecule has 11 nitrogen and oxygen atoms in total. The van der Waals surface area contributed by atoms with E-state index in [9.17, 15) is 14.9 Å². The van der Waals surface area contributed by atoms with Crippen molar-refractivity contribution in [2.45, 2.75) is 0 Å². The molecule has 0 unspecified atom stereocenters. The number of benzene rings is 3. The minimum absolute atomic E-state index is 0.0546. The van der Waals surface area contributed by atoms with Crippen LogP contribution in [0.4, 0.5) is 11.4 Å². The highest BCUT2D eigenvalue weighted by Crippen LogP contribution is 2.34. The van der Waals surface area contributed by atoms with Gasteiger partial charge in [0.2, 0.25) is 0 Å². The van der Waals surface area contributed by atoms with Crippen molar-refractivity contribution in [1.29, 1.82) is 0 Å². The molecule has 0 aliphatic heterocycles. The molecule has 0 saturated carbocycles. The summed E-state index contributed by atoms with van der Waals surface area (Å²) in [5, 5.41) is 28.5. The molecule has 0 radical (unpaired) electrons. The molecule has 4 aromatic rings. The van der Waals surface area contributed by atoms with Crippen LogP contribution in [0.5, 0.6) is 11.5 Å². The Morgan fingerprint density at radius 3 is 2.61 bits per heavy atom. The van der Waals surface area contributed by atoms with Crippen LogP contribution in [0.25, 0.3) is 5.69 Å². The van der Waals surface area contributed by atoms with Gasteiger partial charge in [-0.2, -0.15) is 0 Å². The zero-order valence-corrected chi connectivity index (χ0v) is 21.8. The summed E-state index contributed by atoms with van der Waals surface area (Å²) < 4.78 is 7.36. The first kappa shape index (κ1) is 26.8. The Bertz CT molecular complexity index is 1500. The van der Waals surface area contributed by atoms with E-state index in [0.717, 1.165) is 0 Å². The molecule has 1 heterocycles. The Labute approximate surface area is 231 Å². The minimum Gasteiger partial charge on any atom is -0.454 e. The maximum Gasteiger partial charge on any atom is 0.273 e. The predicted octanol–water partition coefficient (Wildman–Crippen LogP) is 4.99. The molecule has 3 aromatic carbocycles. The van der Waals surface area contributed by atoms with Crippen LogP contribution in [0.3, 0.4) is 0 Å². The lowest BCUT2D eigenvalue weighted by Crippen LogP contribution is -2.36. The molecule has 0 fully saturated rings. The number of nitro groups is 1. The number of anilines is 1. The van der Waals surface area contributed by atoms with Crippen LogP contribution in [0.2, 0.25) is 10.0 Å². The van der Waals surface area contributed by atoms with Gasteiger partial charge in [-0.05, 0) is 48.6 Å². The maximum absolute atomic E-state index is 12.6. The zero-order chi connectivity index (χ0) is 27.1. The number of non-ortho nitro benzene ring substituents is 1. The number of carbonyl (C=O) groups excluding carboxylic acids is 1. The van der Waals surface area contributed by atoms with Gasteiger partial charge in [0, 0.05) is 35.9 Å². The normalized spacial score (nSPS) is 10.5. The molecule has 194 valence electrons. The van der Waals surface area contributed by atoms with Crippen molar-refractivity contribution in [2.75, 3.05) is 18.4 Å². The molecule has 0 bridgehead atoms.